The molecule has 2 atom stereocenters. The van der Waals surface area contributed by atoms with Crippen molar-refractivity contribution < 1.29 is 29.0 Å². The lowest BCUT2D eigenvalue weighted by Gasteiger charge is -2.36. The van der Waals surface area contributed by atoms with Crippen molar-refractivity contribution in [3.8, 4) is 11.5 Å². The molecular weight excluding hydrogens is 358 g/mol. The number of hydrogen-bond acceptors (Lipinski definition) is 6. The van der Waals surface area contributed by atoms with Gasteiger partial charge in [-0.3, -0.25) is 9.59 Å². The van der Waals surface area contributed by atoms with Crippen LogP contribution in [0.1, 0.15) is 25.0 Å². The Morgan fingerprint density at radius 2 is 1.81 bits per heavy atom. The molecule has 1 aromatic carbocycles. The van der Waals surface area contributed by atoms with Gasteiger partial charge in [0.2, 0.25) is 5.91 Å². The minimum absolute atomic E-state index is 0.0692. The van der Waals surface area contributed by atoms with Gasteiger partial charge in [-0.1, -0.05) is 18.7 Å². The zero-order valence-corrected chi connectivity index (χ0v) is 16.1. The van der Waals surface area contributed by atoms with Crippen LogP contribution in [0.4, 0.5) is 0 Å². The van der Waals surface area contributed by atoms with E-state index >= 15 is 0 Å². The van der Waals surface area contributed by atoms with E-state index in [2.05, 4.69) is 0 Å². The van der Waals surface area contributed by atoms with Crippen molar-refractivity contribution in [3.05, 3.63) is 23.3 Å². The van der Waals surface area contributed by atoms with Crippen LogP contribution in [0.3, 0.4) is 0 Å². The molecule has 8 heteroatoms. The highest BCUT2D eigenvalue weighted by Gasteiger charge is 2.37. The topological polar surface area (TPSA) is 93.1 Å². The third-order valence-electron chi connectivity index (χ3n) is 4.36. The van der Waals surface area contributed by atoms with Gasteiger partial charge in [0.25, 0.3) is 0 Å². The molecule has 1 amide bonds. The highest BCUT2D eigenvalue weighted by molar-refractivity contribution is 8.13. The Kier molecular flexibility index (Phi) is 6.52. The fourth-order valence-corrected chi connectivity index (χ4v) is 3.59. The molecule has 0 saturated heterocycles. The number of methoxy groups -OCH3 is 2. The maximum Gasteiger partial charge on any atom is 0.326 e. The Bertz CT molecular complexity index is 720. The van der Waals surface area contributed by atoms with Crippen LogP contribution in [0, 0.1) is 5.92 Å². The molecule has 7 nitrogen and oxygen atoms in total. The van der Waals surface area contributed by atoms with E-state index < -0.39 is 17.9 Å². The predicted octanol–water partition coefficient (Wildman–Crippen LogP) is 1.96. The highest BCUT2D eigenvalue weighted by Crippen LogP contribution is 2.35. The largest absolute Gasteiger partial charge is 0.493 e. The highest BCUT2D eigenvalue weighted by atomic mass is 32.2. The van der Waals surface area contributed by atoms with Gasteiger partial charge < -0.3 is 19.5 Å². The van der Waals surface area contributed by atoms with Crippen molar-refractivity contribution in [1.29, 1.82) is 0 Å². The van der Waals surface area contributed by atoms with Crippen molar-refractivity contribution in [3.63, 3.8) is 0 Å². The number of fused-ring (bicyclic) bond motifs is 1. The van der Waals surface area contributed by atoms with Crippen molar-refractivity contribution >= 4 is 28.8 Å². The molecule has 2 unspecified atom stereocenters. The van der Waals surface area contributed by atoms with E-state index in [1.54, 1.807) is 19.1 Å². The Balaban J connectivity index is 2.31. The van der Waals surface area contributed by atoms with Crippen molar-refractivity contribution in [1.82, 2.24) is 4.90 Å². The lowest BCUT2D eigenvalue weighted by Crippen LogP contribution is -2.50. The van der Waals surface area contributed by atoms with Crippen molar-refractivity contribution in [2.75, 3.05) is 20.0 Å². The summed E-state index contributed by atoms with van der Waals surface area (Å²) in [6.07, 6.45) is 0.198. The number of nitrogens with zero attached hydrogens (tertiary/aromatic N) is 1. The fraction of sp³-hybridized carbons (Fsp3) is 0.500. The number of carboxylic acid groups (broad SMARTS) is 1. The molecule has 1 aliphatic rings. The van der Waals surface area contributed by atoms with Crippen LogP contribution < -0.4 is 9.47 Å². The summed E-state index contributed by atoms with van der Waals surface area (Å²) in [6.45, 7) is 3.33. The second kappa shape index (κ2) is 8.44. The van der Waals surface area contributed by atoms with Crippen LogP contribution in [-0.4, -0.2) is 53.0 Å². The lowest BCUT2D eigenvalue weighted by molar-refractivity contribution is -0.152. The number of ether oxygens (including phenoxy) is 2. The zero-order chi connectivity index (χ0) is 19.4. The molecule has 2 rings (SSSR count). The number of hydrogen-bond donors (Lipinski definition) is 1. The summed E-state index contributed by atoms with van der Waals surface area (Å²) in [5.74, 6) is -0.381. The average Bonchev–Trinajstić information content (AvgIpc) is 2.62. The number of carbonyl (C=O) groups is 3. The molecule has 0 bridgehead atoms. The third-order valence-corrected chi connectivity index (χ3v) is 5.44. The quantitative estimate of drug-likeness (QED) is 0.805. The van der Waals surface area contributed by atoms with Gasteiger partial charge in [0.15, 0.2) is 16.6 Å². The molecule has 0 aromatic heterocycles. The van der Waals surface area contributed by atoms with Crippen molar-refractivity contribution in [2.45, 2.75) is 32.9 Å². The SMILES string of the molecule is COc1cc2c(cc1OC)CN(C(=O)C(C)CSC(C)=O)C(C(=O)O)C2. The Hall–Kier alpha value is -2.22. The first-order chi connectivity index (χ1) is 12.3. The second-order valence-corrected chi connectivity index (χ2v) is 7.40. The second-order valence-electron chi connectivity index (χ2n) is 6.20. The van der Waals surface area contributed by atoms with Gasteiger partial charge in [0.05, 0.1) is 14.2 Å². The number of thioether (sulfide) groups is 1. The summed E-state index contributed by atoms with van der Waals surface area (Å²) in [7, 11) is 3.04. The van der Waals surface area contributed by atoms with Crippen LogP contribution in [0.25, 0.3) is 0 Å². The van der Waals surface area contributed by atoms with Gasteiger partial charge >= 0.3 is 5.97 Å². The molecule has 26 heavy (non-hydrogen) atoms. The first-order valence-corrected chi connectivity index (χ1v) is 9.17. The van der Waals surface area contributed by atoms with Crippen LogP contribution in [0.5, 0.6) is 11.5 Å². The van der Waals surface area contributed by atoms with Gasteiger partial charge in [0, 0.05) is 31.6 Å². The van der Waals surface area contributed by atoms with Gasteiger partial charge in [-0.05, 0) is 23.3 Å². The van der Waals surface area contributed by atoms with E-state index in [0.717, 1.165) is 22.9 Å². The van der Waals surface area contributed by atoms with Gasteiger partial charge in [0.1, 0.15) is 6.04 Å². The molecule has 1 aromatic rings. The summed E-state index contributed by atoms with van der Waals surface area (Å²) < 4.78 is 10.6. The predicted molar refractivity (Wildman–Crippen MR) is 97.5 cm³/mol. The molecule has 142 valence electrons. The summed E-state index contributed by atoms with van der Waals surface area (Å²) in [5.41, 5.74) is 1.66. The molecule has 1 heterocycles. The standard InChI is InChI=1S/C18H23NO6S/c1-10(9-26-11(2)20)17(21)19-8-13-7-16(25-4)15(24-3)6-12(13)5-14(19)18(22)23/h6-7,10,14H,5,8-9H2,1-4H3,(H,22,23). The van der Waals surface area contributed by atoms with Crippen LogP contribution >= 0.6 is 11.8 Å². The number of carbonyl (C=O) groups excluding carboxylic acids is 2. The number of benzene rings is 1. The van der Waals surface area contributed by atoms with Crippen LogP contribution in [0.15, 0.2) is 12.1 Å². The van der Waals surface area contributed by atoms with E-state index in [9.17, 15) is 19.5 Å². The Labute approximate surface area is 156 Å². The molecule has 0 spiro atoms. The molecule has 0 saturated carbocycles. The first-order valence-electron chi connectivity index (χ1n) is 8.18. The molecule has 0 aliphatic carbocycles. The summed E-state index contributed by atoms with van der Waals surface area (Å²) in [4.78, 5) is 37.0. The fourth-order valence-electron chi connectivity index (χ4n) is 2.96. The smallest absolute Gasteiger partial charge is 0.326 e. The summed E-state index contributed by atoms with van der Waals surface area (Å²) in [5, 5.41) is 9.53. The first kappa shape index (κ1) is 20.1. The monoisotopic (exact) mass is 381 g/mol. The molecular formula is C18H23NO6S. The summed E-state index contributed by atoms with van der Waals surface area (Å²) in [6, 6.07) is 2.60. The lowest BCUT2D eigenvalue weighted by atomic mass is 9.92. The average molecular weight is 381 g/mol. The zero-order valence-electron chi connectivity index (χ0n) is 15.3. The van der Waals surface area contributed by atoms with Crippen LogP contribution in [0.2, 0.25) is 0 Å². The van der Waals surface area contributed by atoms with Crippen LogP contribution in [-0.2, 0) is 27.3 Å². The van der Waals surface area contributed by atoms with E-state index in [1.165, 1.54) is 26.0 Å². The molecule has 0 fully saturated rings. The minimum Gasteiger partial charge on any atom is -0.493 e. The van der Waals surface area contributed by atoms with Gasteiger partial charge in [-0.2, -0.15) is 0 Å². The van der Waals surface area contributed by atoms with E-state index in [1.807, 2.05) is 0 Å². The molecule has 1 N–H and O–H groups in total. The molecule has 1 aliphatic heterocycles. The van der Waals surface area contributed by atoms with Gasteiger partial charge in [-0.15, -0.1) is 0 Å². The minimum atomic E-state index is -1.05. The number of carboxylic acids is 1. The number of amides is 1. The van der Waals surface area contributed by atoms with E-state index in [0.29, 0.717) is 17.3 Å². The number of rotatable bonds is 6. The van der Waals surface area contributed by atoms with Gasteiger partial charge in [-0.25, -0.2) is 4.79 Å². The Morgan fingerprint density at radius 3 is 2.31 bits per heavy atom. The normalized spacial score (nSPS) is 17.2. The number of aliphatic carboxylic acids is 1. The Morgan fingerprint density at radius 1 is 1.23 bits per heavy atom. The maximum absolute atomic E-state index is 12.8. The van der Waals surface area contributed by atoms with Crippen molar-refractivity contribution in [2.24, 2.45) is 5.92 Å². The molecule has 0 radical (unpaired) electrons. The summed E-state index contributed by atoms with van der Waals surface area (Å²) >= 11 is 1.07. The maximum atomic E-state index is 12.8. The third kappa shape index (κ3) is 4.30. The van der Waals surface area contributed by atoms with E-state index in [-0.39, 0.29) is 24.0 Å². The van der Waals surface area contributed by atoms with E-state index in [4.69, 9.17) is 9.47 Å².